The zero-order chi connectivity index (χ0) is 22.0. The van der Waals surface area contributed by atoms with E-state index in [0.717, 1.165) is 5.56 Å². The van der Waals surface area contributed by atoms with Gasteiger partial charge in [0.1, 0.15) is 17.2 Å². The van der Waals surface area contributed by atoms with Crippen LogP contribution in [-0.4, -0.2) is 26.0 Å². The molecule has 0 fully saturated rings. The third-order valence-corrected chi connectivity index (χ3v) is 5.10. The van der Waals surface area contributed by atoms with E-state index in [2.05, 4.69) is 5.32 Å². The summed E-state index contributed by atoms with van der Waals surface area (Å²) in [6.07, 6.45) is 0. The molecule has 1 aliphatic heterocycles. The van der Waals surface area contributed by atoms with Gasteiger partial charge >= 0.3 is 0 Å². The van der Waals surface area contributed by atoms with E-state index >= 15 is 0 Å². The molecule has 31 heavy (non-hydrogen) atoms. The van der Waals surface area contributed by atoms with Crippen LogP contribution in [0.25, 0.3) is 5.57 Å². The molecule has 6 nitrogen and oxygen atoms in total. The second-order valence-corrected chi connectivity index (χ2v) is 7.09. The lowest BCUT2D eigenvalue weighted by Gasteiger charge is -2.16. The predicted molar refractivity (Wildman–Crippen MR) is 120 cm³/mol. The molecule has 0 spiro atoms. The Balaban J connectivity index is 1.83. The maximum atomic E-state index is 13.5. The minimum Gasteiger partial charge on any atom is -0.497 e. The third-order valence-electron chi connectivity index (χ3n) is 5.10. The van der Waals surface area contributed by atoms with Gasteiger partial charge in [0.25, 0.3) is 11.8 Å². The van der Waals surface area contributed by atoms with Crippen LogP contribution in [0.2, 0.25) is 0 Å². The molecule has 1 N–H and O–H groups in total. The Kier molecular flexibility index (Phi) is 5.45. The van der Waals surface area contributed by atoms with Crippen molar-refractivity contribution >= 4 is 28.8 Å². The Morgan fingerprint density at radius 1 is 0.806 bits per heavy atom. The first-order valence-corrected chi connectivity index (χ1v) is 9.77. The van der Waals surface area contributed by atoms with Crippen molar-refractivity contribution in [2.45, 2.75) is 6.92 Å². The van der Waals surface area contributed by atoms with E-state index in [1.165, 1.54) is 4.90 Å². The molecule has 6 heteroatoms. The smallest absolute Gasteiger partial charge is 0.282 e. The molecule has 3 aromatic rings. The Morgan fingerprint density at radius 3 is 2.16 bits per heavy atom. The van der Waals surface area contributed by atoms with E-state index in [4.69, 9.17) is 9.47 Å². The lowest BCUT2D eigenvalue weighted by Crippen LogP contribution is -2.32. The lowest BCUT2D eigenvalue weighted by molar-refractivity contribution is -0.120. The summed E-state index contributed by atoms with van der Waals surface area (Å²) in [6, 6.07) is 21.6. The van der Waals surface area contributed by atoms with Gasteiger partial charge in [0.05, 0.1) is 31.2 Å². The van der Waals surface area contributed by atoms with E-state index in [0.29, 0.717) is 34.0 Å². The molecule has 2 amide bonds. The number of nitrogens with one attached hydrogen (secondary N) is 1. The molecular weight excluding hydrogens is 392 g/mol. The fraction of sp³-hybridized carbons (Fsp3) is 0.120. The number of hydrogen-bond acceptors (Lipinski definition) is 5. The number of rotatable bonds is 6. The van der Waals surface area contributed by atoms with Crippen LogP contribution >= 0.6 is 0 Å². The maximum Gasteiger partial charge on any atom is 0.282 e. The third kappa shape index (κ3) is 3.75. The first-order valence-electron chi connectivity index (χ1n) is 9.77. The molecule has 0 saturated carbocycles. The second-order valence-electron chi connectivity index (χ2n) is 7.09. The molecular formula is C25H22N2O4. The molecule has 0 aliphatic carbocycles. The van der Waals surface area contributed by atoms with Crippen LogP contribution in [0, 0.1) is 6.92 Å². The van der Waals surface area contributed by atoms with Gasteiger partial charge in [-0.1, -0.05) is 48.0 Å². The van der Waals surface area contributed by atoms with Crippen molar-refractivity contribution in [2.75, 3.05) is 24.4 Å². The van der Waals surface area contributed by atoms with Crippen molar-refractivity contribution < 1.29 is 19.1 Å². The summed E-state index contributed by atoms with van der Waals surface area (Å²) >= 11 is 0. The van der Waals surface area contributed by atoms with Crippen LogP contribution in [0.5, 0.6) is 11.5 Å². The van der Waals surface area contributed by atoms with Crippen LogP contribution < -0.4 is 19.7 Å². The number of aryl methyl sites for hydroxylation is 1. The topological polar surface area (TPSA) is 67.9 Å². The van der Waals surface area contributed by atoms with E-state index in [9.17, 15) is 9.59 Å². The van der Waals surface area contributed by atoms with Crippen molar-refractivity contribution in [2.24, 2.45) is 0 Å². The van der Waals surface area contributed by atoms with Gasteiger partial charge in [-0.25, -0.2) is 4.90 Å². The van der Waals surface area contributed by atoms with Gasteiger partial charge in [-0.3, -0.25) is 9.59 Å². The average molecular weight is 414 g/mol. The average Bonchev–Trinajstić information content (AvgIpc) is 3.04. The van der Waals surface area contributed by atoms with E-state index < -0.39 is 5.91 Å². The number of carbonyl (C=O) groups is 2. The largest absolute Gasteiger partial charge is 0.497 e. The molecule has 0 saturated heterocycles. The quantitative estimate of drug-likeness (QED) is 0.605. The van der Waals surface area contributed by atoms with Gasteiger partial charge in [0.2, 0.25) is 0 Å². The maximum absolute atomic E-state index is 13.5. The summed E-state index contributed by atoms with van der Waals surface area (Å²) in [7, 11) is 3.10. The highest BCUT2D eigenvalue weighted by Gasteiger charge is 2.40. The summed E-state index contributed by atoms with van der Waals surface area (Å²) in [5.41, 5.74) is 3.22. The van der Waals surface area contributed by atoms with Crippen LogP contribution in [0.1, 0.15) is 11.1 Å². The number of imide groups is 1. The second kappa shape index (κ2) is 8.36. The summed E-state index contributed by atoms with van der Waals surface area (Å²) in [6.45, 7) is 1.95. The first kappa shape index (κ1) is 20.2. The summed E-state index contributed by atoms with van der Waals surface area (Å²) < 4.78 is 10.7. The molecule has 1 heterocycles. The first-order chi connectivity index (χ1) is 15.0. The van der Waals surface area contributed by atoms with Gasteiger partial charge < -0.3 is 14.8 Å². The van der Waals surface area contributed by atoms with Crippen LogP contribution in [0.4, 0.5) is 11.4 Å². The lowest BCUT2D eigenvalue weighted by atomic mass is 10.0. The zero-order valence-corrected chi connectivity index (χ0v) is 17.5. The van der Waals surface area contributed by atoms with Crippen molar-refractivity contribution in [3.8, 4) is 11.5 Å². The number of hydrogen-bond donors (Lipinski definition) is 1. The minimum atomic E-state index is -0.433. The van der Waals surface area contributed by atoms with Crippen LogP contribution in [-0.2, 0) is 9.59 Å². The highest BCUT2D eigenvalue weighted by atomic mass is 16.5. The Labute approximate surface area is 180 Å². The van der Waals surface area contributed by atoms with Gasteiger partial charge in [0.15, 0.2) is 0 Å². The van der Waals surface area contributed by atoms with Crippen molar-refractivity contribution in [3.05, 3.63) is 89.6 Å². The zero-order valence-electron chi connectivity index (χ0n) is 17.5. The highest BCUT2D eigenvalue weighted by Crippen LogP contribution is 2.36. The van der Waals surface area contributed by atoms with Crippen molar-refractivity contribution in [3.63, 3.8) is 0 Å². The number of ether oxygens (including phenoxy) is 2. The fourth-order valence-corrected chi connectivity index (χ4v) is 3.49. The molecule has 3 aromatic carbocycles. The van der Waals surface area contributed by atoms with Gasteiger partial charge in [-0.05, 0) is 36.8 Å². The number of nitrogens with zero attached hydrogens (tertiary/aromatic N) is 1. The number of carbonyl (C=O) groups excluding carboxylic acids is 2. The molecule has 0 bridgehead atoms. The Hall–Kier alpha value is -4.06. The molecule has 156 valence electrons. The molecule has 4 rings (SSSR count). The number of amides is 2. The molecule has 0 atom stereocenters. The summed E-state index contributed by atoms with van der Waals surface area (Å²) in [5.74, 6) is 0.300. The summed E-state index contributed by atoms with van der Waals surface area (Å²) in [4.78, 5) is 28.1. The SMILES string of the molecule is COc1ccc(OC)c(NC2=C(c3ccccc3)C(=O)N(c3ccc(C)cc3)C2=O)c1. The van der Waals surface area contributed by atoms with Crippen LogP contribution in [0.15, 0.2) is 78.5 Å². The van der Waals surface area contributed by atoms with Crippen molar-refractivity contribution in [1.82, 2.24) is 0 Å². The van der Waals surface area contributed by atoms with E-state index in [-0.39, 0.29) is 11.6 Å². The summed E-state index contributed by atoms with van der Waals surface area (Å²) in [5, 5.41) is 3.14. The minimum absolute atomic E-state index is 0.184. The molecule has 0 aromatic heterocycles. The number of benzene rings is 3. The predicted octanol–water partition coefficient (Wildman–Crippen LogP) is 4.41. The number of anilines is 2. The van der Waals surface area contributed by atoms with E-state index in [1.807, 2.05) is 49.4 Å². The highest BCUT2D eigenvalue weighted by molar-refractivity contribution is 6.46. The fourth-order valence-electron chi connectivity index (χ4n) is 3.49. The molecule has 0 unspecified atom stereocenters. The number of methoxy groups -OCH3 is 2. The molecule has 0 radical (unpaired) electrons. The standard InChI is InChI=1S/C25H22N2O4/c1-16-9-11-18(12-10-16)27-24(28)22(17-7-5-4-6-8-17)23(25(27)29)26-20-15-19(30-2)13-14-21(20)31-3/h4-15,26H,1-3H3. The molecule has 1 aliphatic rings. The monoisotopic (exact) mass is 414 g/mol. The van der Waals surface area contributed by atoms with Gasteiger partial charge in [-0.2, -0.15) is 0 Å². The Morgan fingerprint density at radius 2 is 1.52 bits per heavy atom. The van der Waals surface area contributed by atoms with Gasteiger partial charge in [-0.15, -0.1) is 0 Å². The van der Waals surface area contributed by atoms with Crippen molar-refractivity contribution in [1.29, 1.82) is 0 Å². The Bertz CT molecular complexity index is 1170. The van der Waals surface area contributed by atoms with Gasteiger partial charge in [0, 0.05) is 6.07 Å². The normalized spacial score (nSPS) is 13.6. The van der Waals surface area contributed by atoms with E-state index in [1.54, 1.807) is 44.6 Å². The van der Waals surface area contributed by atoms with Crippen LogP contribution in [0.3, 0.4) is 0 Å².